The van der Waals surface area contributed by atoms with Gasteiger partial charge in [0.05, 0.1) is 11.0 Å². The van der Waals surface area contributed by atoms with Gasteiger partial charge in [0.1, 0.15) is 0 Å². The molecule has 8 rings (SSSR count). The van der Waals surface area contributed by atoms with Crippen LogP contribution in [0.15, 0.2) is 158 Å². The van der Waals surface area contributed by atoms with E-state index in [0.717, 1.165) is 45.5 Å². The van der Waals surface area contributed by atoms with Gasteiger partial charge in [-0.2, -0.15) is 0 Å². The van der Waals surface area contributed by atoms with Crippen molar-refractivity contribution in [2.24, 2.45) is 5.73 Å². The Morgan fingerprint density at radius 3 is 2.47 bits per heavy atom. The van der Waals surface area contributed by atoms with Crippen molar-refractivity contribution in [3.63, 3.8) is 0 Å². The van der Waals surface area contributed by atoms with Gasteiger partial charge in [0.25, 0.3) is 0 Å². The van der Waals surface area contributed by atoms with Crippen LogP contribution in [0.5, 0.6) is 0 Å². The van der Waals surface area contributed by atoms with E-state index in [2.05, 4.69) is 154 Å². The molecule has 3 N–H and O–H groups in total. The summed E-state index contributed by atoms with van der Waals surface area (Å²) in [6.07, 6.45) is 17.4. The molecule has 1 atom stereocenters. The lowest BCUT2D eigenvalue weighted by atomic mass is 9.99. The minimum Gasteiger partial charge on any atom is -0.398 e. The summed E-state index contributed by atoms with van der Waals surface area (Å²) < 4.78 is 2.31. The number of hydrogen-bond acceptors (Lipinski definition) is 3. The zero-order valence-corrected chi connectivity index (χ0v) is 24.8. The minimum absolute atomic E-state index is 0.203. The third kappa shape index (κ3) is 4.96. The summed E-state index contributed by atoms with van der Waals surface area (Å²) in [5.41, 5.74) is 14.0. The Morgan fingerprint density at radius 1 is 0.778 bits per heavy atom. The number of para-hydroxylation sites is 1. The van der Waals surface area contributed by atoms with E-state index in [1.54, 1.807) is 0 Å². The summed E-state index contributed by atoms with van der Waals surface area (Å²) in [7, 11) is 0. The molecule has 0 fully saturated rings. The molecule has 1 aliphatic heterocycles. The molecule has 0 radical (unpaired) electrons. The van der Waals surface area contributed by atoms with E-state index >= 15 is 0 Å². The summed E-state index contributed by atoms with van der Waals surface area (Å²) in [4.78, 5) is 4.37. The van der Waals surface area contributed by atoms with Crippen LogP contribution in [0, 0.1) is 0 Å². The number of fused-ring (bicyclic) bond motifs is 6. The van der Waals surface area contributed by atoms with Gasteiger partial charge >= 0.3 is 0 Å². The molecule has 4 heteroatoms. The zero-order valence-electron chi connectivity index (χ0n) is 24.8. The average Bonchev–Trinajstić information content (AvgIpc) is 3.44. The highest BCUT2D eigenvalue weighted by atomic mass is 15.0. The van der Waals surface area contributed by atoms with Gasteiger partial charge < -0.3 is 15.6 Å². The third-order valence-corrected chi connectivity index (χ3v) is 8.74. The monoisotopic (exact) mass is 580 g/mol. The smallest absolute Gasteiger partial charge is 0.0571 e. The summed E-state index contributed by atoms with van der Waals surface area (Å²) in [5, 5.41) is 11.0. The van der Waals surface area contributed by atoms with Crippen LogP contribution in [0.1, 0.15) is 17.5 Å². The van der Waals surface area contributed by atoms with Gasteiger partial charge in [-0.15, -0.1) is 0 Å². The lowest BCUT2D eigenvalue weighted by Crippen LogP contribution is -2.27. The van der Waals surface area contributed by atoms with Crippen LogP contribution < -0.4 is 11.1 Å². The number of dihydropyridines is 1. The Hall–Kier alpha value is -5.87. The summed E-state index contributed by atoms with van der Waals surface area (Å²) in [5.74, 6) is 0. The normalized spacial score (nSPS) is 15.3. The number of allylic oxidation sites excluding steroid dienone is 4. The van der Waals surface area contributed by atoms with Crippen LogP contribution in [0.25, 0.3) is 60.4 Å². The van der Waals surface area contributed by atoms with Crippen molar-refractivity contribution in [2.45, 2.75) is 12.5 Å². The van der Waals surface area contributed by atoms with Crippen molar-refractivity contribution in [1.82, 2.24) is 14.9 Å². The molecule has 4 nitrogen and oxygen atoms in total. The zero-order chi connectivity index (χ0) is 30.2. The number of nitrogens with two attached hydrogens (primary N) is 1. The second kappa shape index (κ2) is 11.3. The van der Waals surface area contributed by atoms with Crippen LogP contribution in [-0.2, 0) is 0 Å². The summed E-state index contributed by atoms with van der Waals surface area (Å²) >= 11 is 0. The van der Waals surface area contributed by atoms with Crippen molar-refractivity contribution in [1.29, 1.82) is 0 Å². The first kappa shape index (κ1) is 26.7. The topological polar surface area (TPSA) is 55.9 Å². The van der Waals surface area contributed by atoms with Gasteiger partial charge in [0.2, 0.25) is 0 Å². The first-order valence-electron chi connectivity index (χ1n) is 15.4. The molecule has 1 unspecified atom stereocenters. The van der Waals surface area contributed by atoms with Gasteiger partial charge in [-0.25, -0.2) is 0 Å². The van der Waals surface area contributed by atoms with Gasteiger partial charge in [0.15, 0.2) is 0 Å². The molecule has 0 spiro atoms. The maximum atomic E-state index is 6.49. The molecule has 0 amide bonds. The SMILES string of the molecule is N/C(=C\C=C/CC1C=CC=C(c2ccc(-n3c4ccccc4c4cnccc43)cc2)N1)c1ccc2c(ccc3ccccc32)c1. The molecule has 45 heavy (non-hydrogen) atoms. The maximum Gasteiger partial charge on any atom is 0.0571 e. The summed E-state index contributed by atoms with van der Waals surface area (Å²) in [6, 6.07) is 38.9. The number of nitrogens with one attached hydrogen (secondary N) is 1. The van der Waals surface area contributed by atoms with E-state index in [-0.39, 0.29) is 6.04 Å². The molecule has 0 aliphatic carbocycles. The van der Waals surface area contributed by atoms with Crippen LogP contribution >= 0.6 is 0 Å². The van der Waals surface area contributed by atoms with E-state index in [9.17, 15) is 0 Å². The number of nitrogens with zero attached hydrogens (tertiary/aromatic N) is 2. The Kier molecular flexibility index (Phi) is 6.73. The maximum absolute atomic E-state index is 6.49. The lowest BCUT2D eigenvalue weighted by molar-refractivity contribution is 0.718. The predicted octanol–water partition coefficient (Wildman–Crippen LogP) is 9.30. The largest absolute Gasteiger partial charge is 0.398 e. The molecule has 0 saturated heterocycles. The number of benzene rings is 5. The molecule has 1 aliphatic rings. The van der Waals surface area contributed by atoms with Gasteiger partial charge in [0, 0.05) is 46.3 Å². The molecular formula is C41H32N4. The molecule has 5 aromatic carbocycles. The van der Waals surface area contributed by atoms with E-state index in [4.69, 9.17) is 5.73 Å². The fraction of sp³-hybridized carbons (Fsp3) is 0.0488. The first-order valence-corrected chi connectivity index (χ1v) is 15.4. The van der Waals surface area contributed by atoms with Crippen LogP contribution in [0.3, 0.4) is 0 Å². The molecular weight excluding hydrogens is 548 g/mol. The molecule has 0 saturated carbocycles. The van der Waals surface area contributed by atoms with Crippen molar-refractivity contribution < 1.29 is 0 Å². The van der Waals surface area contributed by atoms with Crippen LogP contribution in [-0.4, -0.2) is 15.6 Å². The van der Waals surface area contributed by atoms with E-state index in [1.807, 2.05) is 18.5 Å². The second-order valence-corrected chi connectivity index (χ2v) is 11.5. The number of rotatable bonds is 6. The summed E-state index contributed by atoms with van der Waals surface area (Å²) in [6.45, 7) is 0. The lowest BCUT2D eigenvalue weighted by Gasteiger charge is -2.21. The first-order chi connectivity index (χ1) is 22.2. The highest BCUT2D eigenvalue weighted by Crippen LogP contribution is 2.32. The fourth-order valence-corrected chi connectivity index (χ4v) is 6.47. The Morgan fingerprint density at radius 2 is 1.56 bits per heavy atom. The van der Waals surface area contributed by atoms with Crippen LogP contribution in [0.4, 0.5) is 0 Å². The molecule has 3 heterocycles. The number of pyridine rings is 1. The molecule has 2 aromatic heterocycles. The standard InChI is InChI=1S/C41H32N4/c42-38(31-20-23-35-30(26-31)17-16-28-8-1-3-11-34(28)35)13-5-2-9-32-10-7-14-39(44-32)29-18-21-33(22-19-29)45-40-15-6-4-12-36(40)37-27-43-25-24-41(37)45/h1-8,10-27,32,44H,9,42H2/b5-2-,38-13-. The van der Waals surface area contributed by atoms with Crippen LogP contribution in [0.2, 0.25) is 0 Å². The molecule has 7 aromatic rings. The van der Waals surface area contributed by atoms with E-state index in [1.165, 1.54) is 32.4 Å². The van der Waals surface area contributed by atoms with Crippen molar-refractivity contribution in [3.05, 3.63) is 169 Å². The van der Waals surface area contributed by atoms with E-state index in [0.29, 0.717) is 0 Å². The van der Waals surface area contributed by atoms with Crippen molar-refractivity contribution >= 4 is 54.7 Å². The Labute approximate surface area is 262 Å². The van der Waals surface area contributed by atoms with Crippen molar-refractivity contribution in [3.8, 4) is 5.69 Å². The Bertz CT molecular complexity index is 2280. The van der Waals surface area contributed by atoms with Gasteiger partial charge in [-0.3, -0.25) is 4.98 Å². The fourth-order valence-electron chi connectivity index (χ4n) is 6.47. The quantitative estimate of drug-likeness (QED) is 0.152. The van der Waals surface area contributed by atoms with E-state index < -0.39 is 0 Å². The Balaban J connectivity index is 0.953. The molecule has 216 valence electrons. The predicted molar refractivity (Wildman–Crippen MR) is 190 cm³/mol. The average molecular weight is 581 g/mol. The molecule has 0 bridgehead atoms. The van der Waals surface area contributed by atoms with Crippen molar-refractivity contribution in [2.75, 3.05) is 0 Å². The minimum atomic E-state index is 0.203. The number of aromatic nitrogens is 2. The highest BCUT2D eigenvalue weighted by Gasteiger charge is 2.14. The third-order valence-electron chi connectivity index (χ3n) is 8.74. The second-order valence-electron chi connectivity index (χ2n) is 11.5. The highest BCUT2D eigenvalue weighted by molar-refractivity contribution is 6.09. The van der Waals surface area contributed by atoms with Gasteiger partial charge in [-0.1, -0.05) is 103 Å². The number of hydrogen-bond donors (Lipinski definition) is 2. The van der Waals surface area contributed by atoms with Gasteiger partial charge in [-0.05, 0) is 81.6 Å².